The van der Waals surface area contributed by atoms with Crippen LogP contribution in [-0.2, 0) is 13.0 Å². The van der Waals surface area contributed by atoms with Gasteiger partial charge in [-0.25, -0.2) is 0 Å². The summed E-state index contributed by atoms with van der Waals surface area (Å²) in [5, 5.41) is 9.63. The molecule has 2 rings (SSSR count). The summed E-state index contributed by atoms with van der Waals surface area (Å²) < 4.78 is 0. The lowest BCUT2D eigenvalue weighted by atomic mass is 10.1. The molecular formula is C10H12OS. The van der Waals surface area contributed by atoms with Gasteiger partial charge in [-0.1, -0.05) is 19.1 Å². The van der Waals surface area contributed by atoms with Crippen LogP contribution in [0.25, 0.3) is 0 Å². The third-order valence-corrected chi connectivity index (χ3v) is 3.35. The van der Waals surface area contributed by atoms with Gasteiger partial charge in [-0.3, -0.25) is 0 Å². The fourth-order valence-electron chi connectivity index (χ4n) is 1.54. The number of fused-ring (bicyclic) bond motifs is 1. The van der Waals surface area contributed by atoms with Gasteiger partial charge < -0.3 is 5.11 Å². The monoisotopic (exact) mass is 180 g/mol. The maximum absolute atomic E-state index is 8.93. The lowest BCUT2D eigenvalue weighted by Gasteiger charge is -1.99. The lowest BCUT2D eigenvalue weighted by Crippen LogP contribution is -1.90. The molecule has 1 atom stereocenters. The predicted molar refractivity (Wildman–Crippen MR) is 51.4 cm³/mol. The van der Waals surface area contributed by atoms with E-state index in [1.54, 1.807) is 0 Å². The Kier molecular flexibility index (Phi) is 2.11. The first kappa shape index (κ1) is 8.14. The SMILES string of the molecule is CC1Cc2ccc(CO)cc2S1. The van der Waals surface area contributed by atoms with E-state index < -0.39 is 0 Å². The number of benzene rings is 1. The van der Waals surface area contributed by atoms with Gasteiger partial charge >= 0.3 is 0 Å². The van der Waals surface area contributed by atoms with Crippen LogP contribution in [0.5, 0.6) is 0 Å². The van der Waals surface area contributed by atoms with Crippen LogP contribution in [0.3, 0.4) is 0 Å². The fourth-order valence-corrected chi connectivity index (χ4v) is 2.76. The predicted octanol–water partition coefficient (Wildman–Crippen LogP) is 2.22. The van der Waals surface area contributed by atoms with Crippen molar-refractivity contribution in [3.63, 3.8) is 0 Å². The first-order chi connectivity index (χ1) is 5.79. The zero-order chi connectivity index (χ0) is 8.55. The average molecular weight is 180 g/mol. The average Bonchev–Trinajstić information content (AvgIpc) is 2.43. The molecule has 0 radical (unpaired) electrons. The third kappa shape index (κ3) is 1.37. The Morgan fingerprint density at radius 1 is 1.58 bits per heavy atom. The summed E-state index contributed by atoms with van der Waals surface area (Å²) in [5.74, 6) is 0. The molecule has 0 amide bonds. The third-order valence-electron chi connectivity index (χ3n) is 2.15. The molecule has 0 aliphatic carbocycles. The van der Waals surface area contributed by atoms with Crippen molar-refractivity contribution >= 4 is 11.8 Å². The summed E-state index contributed by atoms with van der Waals surface area (Å²) in [6, 6.07) is 6.25. The standard InChI is InChI=1S/C10H12OS/c1-7-4-9-3-2-8(6-11)5-10(9)12-7/h2-3,5,7,11H,4,6H2,1H3. The summed E-state index contributed by atoms with van der Waals surface area (Å²) >= 11 is 1.91. The highest BCUT2D eigenvalue weighted by Gasteiger charge is 2.17. The van der Waals surface area contributed by atoms with Gasteiger partial charge in [0.2, 0.25) is 0 Å². The molecule has 0 bridgehead atoms. The Labute approximate surface area is 76.8 Å². The van der Waals surface area contributed by atoms with Gasteiger partial charge in [-0.05, 0) is 23.6 Å². The van der Waals surface area contributed by atoms with Crippen molar-refractivity contribution in [2.45, 2.75) is 30.1 Å². The van der Waals surface area contributed by atoms with Crippen LogP contribution in [-0.4, -0.2) is 10.4 Å². The van der Waals surface area contributed by atoms with Crippen LogP contribution in [0, 0.1) is 0 Å². The molecule has 0 saturated heterocycles. The van der Waals surface area contributed by atoms with Crippen molar-refractivity contribution in [1.29, 1.82) is 0 Å². The number of aliphatic hydroxyl groups excluding tert-OH is 1. The fraction of sp³-hybridized carbons (Fsp3) is 0.400. The number of hydrogen-bond acceptors (Lipinski definition) is 2. The van der Waals surface area contributed by atoms with E-state index in [0.29, 0.717) is 5.25 Å². The summed E-state index contributed by atoms with van der Waals surface area (Å²) in [5.41, 5.74) is 2.46. The van der Waals surface area contributed by atoms with Crippen molar-refractivity contribution in [2.75, 3.05) is 0 Å². The van der Waals surface area contributed by atoms with Crippen molar-refractivity contribution in [3.8, 4) is 0 Å². The number of hydrogen-bond donors (Lipinski definition) is 1. The maximum atomic E-state index is 8.93. The summed E-state index contributed by atoms with van der Waals surface area (Å²) in [4.78, 5) is 1.36. The van der Waals surface area contributed by atoms with Crippen LogP contribution >= 0.6 is 11.8 Å². The minimum absolute atomic E-state index is 0.155. The zero-order valence-electron chi connectivity index (χ0n) is 7.08. The second kappa shape index (κ2) is 3.11. The van der Waals surface area contributed by atoms with Crippen LogP contribution in [0.4, 0.5) is 0 Å². The Morgan fingerprint density at radius 3 is 3.17 bits per heavy atom. The normalized spacial score (nSPS) is 21.0. The molecule has 1 aromatic carbocycles. The Balaban J connectivity index is 2.35. The molecule has 2 heteroatoms. The smallest absolute Gasteiger partial charge is 0.0682 e. The van der Waals surface area contributed by atoms with Gasteiger partial charge in [0.25, 0.3) is 0 Å². The van der Waals surface area contributed by atoms with Gasteiger partial charge in [-0.15, -0.1) is 11.8 Å². The first-order valence-corrected chi connectivity index (χ1v) is 5.07. The van der Waals surface area contributed by atoms with E-state index in [0.717, 1.165) is 5.56 Å². The van der Waals surface area contributed by atoms with Crippen molar-refractivity contribution in [2.24, 2.45) is 0 Å². The van der Waals surface area contributed by atoms with Crippen molar-refractivity contribution < 1.29 is 5.11 Å². The molecule has 0 fully saturated rings. The van der Waals surface area contributed by atoms with E-state index in [9.17, 15) is 0 Å². The highest BCUT2D eigenvalue weighted by molar-refractivity contribution is 8.00. The Bertz CT molecular complexity index is 296. The molecule has 0 saturated carbocycles. The minimum Gasteiger partial charge on any atom is -0.392 e. The summed E-state index contributed by atoms with van der Waals surface area (Å²) in [6.07, 6.45) is 1.17. The quantitative estimate of drug-likeness (QED) is 0.715. The molecule has 1 N–H and O–H groups in total. The second-order valence-electron chi connectivity index (χ2n) is 3.23. The molecule has 0 spiro atoms. The number of aliphatic hydroxyl groups is 1. The number of thioether (sulfide) groups is 1. The topological polar surface area (TPSA) is 20.2 Å². The van der Waals surface area contributed by atoms with Crippen LogP contribution in [0.2, 0.25) is 0 Å². The van der Waals surface area contributed by atoms with Crippen molar-refractivity contribution in [1.82, 2.24) is 0 Å². The highest BCUT2D eigenvalue weighted by Crippen LogP contribution is 2.37. The van der Waals surface area contributed by atoms with Crippen LogP contribution in [0.1, 0.15) is 18.1 Å². The van der Waals surface area contributed by atoms with E-state index >= 15 is 0 Å². The van der Waals surface area contributed by atoms with Gasteiger partial charge in [0.15, 0.2) is 0 Å². The summed E-state index contributed by atoms with van der Waals surface area (Å²) in [6.45, 7) is 2.39. The van der Waals surface area contributed by atoms with Gasteiger partial charge in [0.05, 0.1) is 6.61 Å². The molecular weight excluding hydrogens is 168 g/mol. The molecule has 1 aliphatic heterocycles. The second-order valence-corrected chi connectivity index (χ2v) is 4.71. The number of rotatable bonds is 1. The molecule has 1 aromatic rings. The van der Waals surface area contributed by atoms with E-state index in [2.05, 4.69) is 19.1 Å². The molecule has 1 nitrogen and oxygen atoms in total. The molecule has 0 aromatic heterocycles. The highest BCUT2D eigenvalue weighted by atomic mass is 32.2. The van der Waals surface area contributed by atoms with Gasteiger partial charge in [-0.2, -0.15) is 0 Å². The maximum Gasteiger partial charge on any atom is 0.0682 e. The van der Waals surface area contributed by atoms with Gasteiger partial charge in [0.1, 0.15) is 0 Å². The summed E-state index contributed by atoms with van der Waals surface area (Å²) in [7, 11) is 0. The lowest BCUT2D eigenvalue weighted by molar-refractivity contribution is 0.281. The van der Waals surface area contributed by atoms with Crippen molar-refractivity contribution in [3.05, 3.63) is 29.3 Å². The largest absolute Gasteiger partial charge is 0.392 e. The van der Waals surface area contributed by atoms with Crippen LogP contribution in [0.15, 0.2) is 23.1 Å². The molecule has 1 heterocycles. The zero-order valence-corrected chi connectivity index (χ0v) is 7.90. The Hall–Kier alpha value is -0.470. The first-order valence-electron chi connectivity index (χ1n) is 4.19. The van der Waals surface area contributed by atoms with E-state index in [1.165, 1.54) is 16.9 Å². The molecule has 1 unspecified atom stereocenters. The van der Waals surface area contributed by atoms with E-state index in [1.807, 2.05) is 17.8 Å². The van der Waals surface area contributed by atoms with E-state index in [-0.39, 0.29) is 6.61 Å². The molecule has 64 valence electrons. The molecule has 12 heavy (non-hydrogen) atoms. The van der Waals surface area contributed by atoms with E-state index in [4.69, 9.17) is 5.11 Å². The van der Waals surface area contributed by atoms with Crippen LogP contribution < -0.4 is 0 Å². The minimum atomic E-state index is 0.155. The Morgan fingerprint density at radius 2 is 2.42 bits per heavy atom. The molecule has 1 aliphatic rings. The van der Waals surface area contributed by atoms with Gasteiger partial charge in [0, 0.05) is 10.1 Å².